The number of nitrogens with one attached hydrogen (secondary N) is 1. The third-order valence-corrected chi connectivity index (χ3v) is 5.04. The molecule has 0 aromatic carbocycles. The van der Waals surface area contributed by atoms with Gasteiger partial charge >= 0.3 is 6.03 Å². The van der Waals surface area contributed by atoms with Gasteiger partial charge in [0.1, 0.15) is 0 Å². The highest BCUT2D eigenvalue weighted by molar-refractivity contribution is 5.74. The van der Waals surface area contributed by atoms with E-state index in [1.165, 1.54) is 0 Å². The number of urea groups is 1. The van der Waals surface area contributed by atoms with E-state index in [1.54, 1.807) is 17.1 Å². The molecule has 0 radical (unpaired) electrons. The maximum Gasteiger partial charge on any atom is 0.317 e. The average molecular weight is 342 g/mol. The lowest BCUT2D eigenvalue weighted by molar-refractivity contribution is 0.115. The van der Waals surface area contributed by atoms with Gasteiger partial charge in [-0.2, -0.15) is 5.10 Å². The van der Waals surface area contributed by atoms with Crippen molar-refractivity contribution in [1.29, 1.82) is 0 Å². The maximum absolute atomic E-state index is 12.5. The molecule has 2 amide bonds. The molecule has 1 N–H and O–H groups in total. The highest BCUT2D eigenvalue weighted by Gasteiger charge is 2.27. The van der Waals surface area contributed by atoms with Gasteiger partial charge in [-0.25, -0.2) is 14.5 Å². The second kappa shape index (κ2) is 7.65. The Balaban J connectivity index is 1.56. The van der Waals surface area contributed by atoms with Crippen LogP contribution >= 0.6 is 0 Å². The number of nitrogens with zero attached hydrogens (tertiary/aromatic N) is 5. The number of likely N-dealkylation sites (tertiary alicyclic amines) is 1. The molecule has 134 valence electrons. The van der Waals surface area contributed by atoms with Crippen molar-refractivity contribution in [2.75, 3.05) is 20.6 Å². The Morgan fingerprint density at radius 3 is 3.00 bits per heavy atom. The molecule has 1 aliphatic heterocycles. The van der Waals surface area contributed by atoms with E-state index in [1.807, 2.05) is 36.3 Å². The second-order valence-corrected chi connectivity index (χ2v) is 6.75. The molecule has 1 aliphatic rings. The molecule has 2 atom stereocenters. The highest BCUT2D eigenvalue weighted by atomic mass is 16.2. The van der Waals surface area contributed by atoms with Crippen LogP contribution in [0.15, 0.2) is 36.8 Å². The van der Waals surface area contributed by atoms with Crippen LogP contribution in [-0.4, -0.2) is 63.3 Å². The Morgan fingerprint density at radius 2 is 2.28 bits per heavy atom. The molecule has 0 spiro atoms. The molecule has 2 aromatic rings. The lowest BCUT2D eigenvalue weighted by Gasteiger charge is -2.39. The van der Waals surface area contributed by atoms with E-state index >= 15 is 0 Å². The zero-order valence-corrected chi connectivity index (χ0v) is 15.1. The van der Waals surface area contributed by atoms with Gasteiger partial charge in [0.2, 0.25) is 0 Å². The van der Waals surface area contributed by atoms with E-state index in [4.69, 9.17) is 0 Å². The fraction of sp³-hybridized carbons (Fsp3) is 0.500. The van der Waals surface area contributed by atoms with Gasteiger partial charge in [-0.1, -0.05) is 0 Å². The van der Waals surface area contributed by atoms with Crippen molar-refractivity contribution in [1.82, 2.24) is 29.9 Å². The van der Waals surface area contributed by atoms with Crippen molar-refractivity contribution in [2.24, 2.45) is 0 Å². The van der Waals surface area contributed by atoms with Gasteiger partial charge in [0.25, 0.3) is 0 Å². The molecule has 2 aromatic heterocycles. The maximum atomic E-state index is 12.5. The predicted molar refractivity (Wildman–Crippen MR) is 96.5 cm³/mol. The Morgan fingerprint density at radius 1 is 1.44 bits per heavy atom. The molecule has 1 fully saturated rings. The van der Waals surface area contributed by atoms with Crippen molar-refractivity contribution in [3.63, 3.8) is 0 Å². The first kappa shape index (κ1) is 17.4. The van der Waals surface area contributed by atoms with Crippen LogP contribution in [0.3, 0.4) is 0 Å². The molecular formula is C18H26N6O. The Kier molecular flexibility index (Phi) is 5.33. The van der Waals surface area contributed by atoms with E-state index in [2.05, 4.69) is 34.3 Å². The number of aromatic nitrogens is 3. The minimum Gasteiger partial charge on any atom is -0.334 e. The van der Waals surface area contributed by atoms with Crippen LogP contribution < -0.4 is 5.32 Å². The number of rotatable bonds is 4. The van der Waals surface area contributed by atoms with Crippen LogP contribution in [0.5, 0.6) is 0 Å². The van der Waals surface area contributed by atoms with Gasteiger partial charge in [0.05, 0.1) is 0 Å². The molecule has 25 heavy (non-hydrogen) atoms. The zero-order chi connectivity index (χ0) is 17.8. The molecule has 0 aliphatic carbocycles. The molecule has 1 saturated heterocycles. The first-order valence-electron chi connectivity index (χ1n) is 8.70. The molecule has 7 nitrogen and oxygen atoms in total. The van der Waals surface area contributed by atoms with Crippen LogP contribution in [-0.2, 0) is 6.54 Å². The second-order valence-electron chi connectivity index (χ2n) is 6.75. The van der Waals surface area contributed by atoms with Gasteiger partial charge in [0.15, 0.2) is 5.82 Å². The lowest BCUT2D eigenvalue weighted by Crippen LogP contribution is -2.50. The zero-order valence-electron chi connectivity index (χ0n) is 15.1. The smallest absolute Gasteiger partial charge is 0.317 e. The minimum absolute atomic E-state index is 0.0285. The Bertz CT molecular complexity index is 701. The number of pyridine rings is 1. The Hall–Kier alpha value is -2.41. The predicted octanol–water partition coefficient (Wildman–Crippen LogP) is 1.89. The normalized spacial score (nSPS) is 21.1. The molecule has 3 rings (SSSR count). The molecule has 0 bridgehead atoms. The average Bonchev–Trinajstić information content (AvgIpc) is 3.16. The van der Waals surface area contributed by atoms with Gasteiger partial charge < -0.3 is 15.1 Å². The summed E-state index contributed by atoms with van der Waals surface area (Å²) in [5.41, 5.74) is 0.999. The van der Waals surface area contributed by atoms with Gasteiger partial charge in [-0.05, 0) is 50.6 Å². The van der Waals surface area contributed by atoms with E-state index in [0.717, 1.165) is 30.8 Å². The highest BCUT2D eigenvalue weighted by Crippen LogP contribution is 2.19. The Labute approximate surface area is 148 Å². The fourth-order valence-corrected chi connectivity index (χ4v) is 3.18. The van der Waals surface area contributed by atoms with Crippen molar-refractivity contribution in [3.05, 3.63) is 42.4 Å². The monoisotopic (exact) mass is 342 g/mol. The van der Waals surface area contributed by atoms with Crippen LogP contribution in [0.1, 0.15) is 25.3 Å². The molecule has 0 saturated carbocycles. The largest absolute Gasteiger partial charge is 0.334 e. The number of piperidine rings is 1. The molecule has 7 heteroatoms. The number of amides is 2. The van der Waals surface area contributed by atoms with Crippen LogP contribution in [0.4, 0.5) is 4.79 Å². The van der Waals surface area contributed by atoms with Crippen molar-refractivity contribution in [2.45, 2.75) is 38.4 Å². The quantitative estimate of drug-likeness (QED) is 0.921. The SMILES string of the molecule is CC1CC(N(C)C(=O)NCc2ccnc(-n3cccn3)c2)CCN1C. The van der Waals surface area contributed by atoms with Crippen molar-refractivity contribution in [3.8, 4) is 5.82 Å². The molecule has 2 unspecified atom stereocenters. The summed E-state index contributed by atoms with van der Waals surface area (Å²) in [6, 6.07) is 6.47. The van der Waals surface area contributed by atoms with Gasteiger partial charge in [0, 0.05) is 50.8 Å². The summed E-state index contributed by atoms with van der Waals surface area (Å²) in [7, 11) is 4.03. The van der Waals surface area contributed by atoms with E-state index in [0.29, 0.717) is 18.6 Å². The van der Waals surface area contributed by atoms with Crippen molar-refractivity contribution < 1.29 is 4.79 Å². The summed E-state index contributed by atoms with van der Waals surface area (Å²) >= 11 is 0. The first-order chi connectivity index (χ1) is 12.0. The number of hydrogen-bond donors (Lipinski definition) is 1. The minimum atomic E-state index is -0.0285. The van der Waals surface area contributed by atoms with Crippen LogP contribution in [0.25, 0.3) is 5.82 Å². The summed E-state index contributed by atoms with van der Waals surface area (Å²) in [5, 5.41) is 7.19. The summed E-state index contributed by atoms with van der Waals surface area (Å²) in [6.45, 7) is 3.72. The third-order valence-electron chi connectivity index (χ3n) is 5.04. The van der Waals surface area contributed by atoms with Crippen LogP contribution in [0, 0.1) is 0 Å². The summed E-state index contributed by atoms with van der Waals surface area (Å²) in [4.78, 5) is 21.0. The third kappa shape index (κ3) is 4.17. The number of carbonyl (C=O) groups excluding carboxylic acids is 1. The molecule has 3 heterocycles. The van der Waals surface area contributed by atoms with Crippen molar-refractivity contribution >= 4 is 6.03 Å². The summed E-state index contributed by atoms with van der Waals surface area (Å²) in [5.74, 6) is 0.745. The first-order valence-corrected chi connectivity index (χ1v) is 8.70. The van der Waals surface area contributed by atoms with Gasteiger partial charge in [-0.15, -0.1) is 0 Å². The van der Waals surface area contributed by atoms with Gasteiger partial charge in [-0.3, -0.25) is 0 Å². The molecular weight excluding hydrogens is 316 g/mol. The summed E-state index contributed by atoms with van der Waals surface area (Å²) in [6.07, 6.45) is 7.33. The topological polar surface area (TPSA) is 66.3 Å². The number of carbonyl (C=O) groups is 1. The van der Waals surface area contributed by atoms with Crippen LogP contribution in [0.2, 0.25) is 0 Å². The fourth-order valence-electron chi connectivity index (χ4n) is 3.18. The van der Waals surface area contributed by atoms with E-state index in [9.17, 15) is 4.79 Å². The van der Waals surface area contributed by atoms with E-state index < -0.39 is 0 Å². The summed E-state index contributed by atoms with van der Waals surface area (Å²) < 4.78 is 1.71. The lowest BCUT2D eigenvalue weighted by atomic mass is 9.98. The van der Waals surface area contributed by atoms with E-state index in [-0.39, 0.29) is 6.03 Å². The standard InChI is InChI=1S/C18H26N6O/c1-14-11-16(6-10-22(14)2)23(3)18(25)20-13-15-5-8-19-17(12-15)24-9-4-7-21-24/h4-5,7-9,12,14,16H,6,10-11,13H2,1-3H3,(H,20,25). The number of hydrogen-bond acceptors (Lipinski definition) is 4.